The summed E-state index contributed by atoms with van der Waals surface area (Å²) in [5, 5.41) is 28.7. The quantitative estimate of drug-likeness (QED) is 0.160. The van der Waals surface area contributed by atoms with E-state index in [-0.39, 0.29) is 85.8 Å². The third-order valence-corrected chi connectivity index (χ3v) is 3.97. The molecule has 0 bridgehead atoms. The Hall–Kier alpha value is -1.45. The van der Waals surface area contributed by atoms with Crippen LogP contribution in [0, 0.1) is 39.9 Å². The number of rotatable bonds is 16. The number of carboxylic acid groups (broad SMARTS) is 2. The summed E-state index contributed by atoms with van der Waals surface area (Å²) in [5.41, 5.74) is 0. The van der Waals surface area contributed by atoms with Gasteiger partial charge in [0.2, 0.25) is 0 Å². The summed E-state index contributed by atoms with van der Waals surface area (Å²) in [5.74, 6) is -4.34. The Labute approximate surface area is 213 Å². The smallest absolute Gasteiger partial charge is 0.319 e. The van der Waals surface area contributed by atoms with Gasteiger partial charge in [0.15, 0.2) is 0 Å². The van der Waals surface area contributed by atoms with Crippen molar-refractivity contribution in [3.05, 3.63) is 10.6 Å². The van der Waals surface area contributed by atoms with Gasteiger partial charge in [0.25, 0.3) is 0 Å². The van der Waals surface area contributed by atoms with Crippen LogP contribution in [0.25, 0.3) is 10.6 Å². The third kappa shape index (κ3) is 16.9. The minimum Gasteiger partial charge on any atom is -0.655 e. The number of aliphatic carboxylic acids is 2. The van der Waals surface area contributed by atoms with Gasteiger partial charge in [-0.2, -0.15) is 0 Å². The number of carbonyl (C=O) groups is 5. The van der Waals surface area contributed by atoms with Crippen LogP contribution in [0.2, 0.25) is 0 Å². The van der Waals surface area contributed by atoms with Gasteiger partial charge in [-0.05, 0) is 0 Å². The first-order valence-electron chi connectivity index (χ1n) is 9.00. The summed E-state index contributed by atoms with van der Waals surface area (Å²) < 4.78 is 4.63. The van der Waals surface area contributed by atoms with Crippen LogP contribution in [0.1, 0.15) is 0 Å². The number of likely N-dealkylation sites (N-methyl/N-ethyl adjacent to an activating group) is 2. The molecule has 0 aliphatic carbocycles. The maximum Gasteiger partial charge on any atom is 0.319 e. The summed E-state index contributed by atoms with van der Waals surface area (Å²) in [4.78, 5) is 60.7. The number of esters is 1. The summed E-state index contributed by atoms with van der Waals surface area (Å²) in [6.07, 6.45) is 0. The van der Waals surface area contributed by atoms with Crippen LogP contribution < -0.4 is 10.2 Å². The number of ether oxygens (including phenoxy) is 1. The van der Waals surface area contributed by atoms with Gasteiger partial charge >= 0.3 is 5.97 Å². The first-order valence-corrected chi connectivity index (χ1v) is 9.00. The molecule has 0 rings (SSSR count). The number of carboxylic acids is 2. The van der Waals surface area contributed by atoms with Crippen LogP contribution in [-0.2, 0) is 28.7 Å². The van der Waals surface area contributed by atoms with Crippen molar-refractivity contribution in [2.24, 2.45) is 0 Å². The minimum absolute atomic E-state index is 0. The van der Waals surface area contributed by atoms with Crippen LogP contribution in [0.4, 0.5) is 0 Å². The zero-order chi connectivity index (χ0) is 23.1. The Morgan fingerprint density at radius 1 is 0.677 bits per heavy atom. The minimum atomic E-state index is -1.37. The second-order valence-corrected chi connectivity index (χ2v) is 6.25. The second-order valence-electron chi connectivity index (χ2n) is 6.25. The molecule has 0 aromatic rings. The number of carbonyl (C=O) groups excluding carboxylic acids is 5. The van der Waals surface area contributed by atoms with Gasteiger partial charge < -0.3 is 44.8 Å². The first kappa shape index (κ1) is 31.7. The standard InChI is InChI=1S/C17H31N5O8.Gd/c1-18-13(23)8-21(10-15(25)26)6-4-20(12-17(29)30-3)5-7-22(11-16(27)28)9-14(24)19-2;/h4-12H2,1-3H3,(H4,18,19,23,24,25,26,27,28);/p-4. The predicted molar refractivity (Wildman–Crippen MR) is 99.9 cm³/mol. The first-order chi connectivity index (χ1) is 14.1. The SMILES string of the molecule is C[N-]C(=O)CN(CCN(CCN(CC(=O)[O-])CC(=O)[N-]C)CC(=O)OC)CC(=O)[O-].[Gd]. The zero-order valence-corrected chi connectivity index (χ0v) is 20.0. The van der Waals surface area contributed by atoms with Crippen LogP contribution in [0.3, 0.4) is 0 Å². The normalized spacial score (nSPS) is 10.5. The number of amides is 2. The Kier molecular flexibility index (Phi) is 18.6. The van der Waals surface area contributed by atoms with E-state index >= 15 is 0 Å². The van der Waals surface area contributed by atoms with E-state index in [9.17, 15) is 34.2 Å². The molecule has 0 unspecified atom stereocenters. The second kappa shape index (κ2) is 18.2. The van der Waals surface area contributed by atoms with Crippen molar-refractivity contribution in [1.82, 2.24) is 14.7 Å². The Morgan fingerprint density at radius 2 is 1.03 bits per heavy atom. The van der Waals surface area contributed by atoms with E-state index in [2.05, 4.69) is 15.4 Å². The van der Waals surface area contributed by atoms with Crippen molar-refractivity contribution < 1.29 is 78.9 Å². The Bertz CT molecular complexity index is 565. The van der Waals surface area contributed by atoms with Crippen LogP contribution in [0.15, 0.2) is 0 Å². The van der Waals surface area contributed by atoms with Crippen molar-refractivity contribution >= 4 is 29.7 Å². The molecule has 180 valence electrons. The largest absolute Gasteiger partial charge is 0.655 e. The van der Waals surface area contributed by atoms with Gasteiger partial charge in [-0.1, -0.05) is 0 Å². The fraction of sp³-hybridized carbons (Fsp3) is 0.706. The molecule has 0 aromatic heterocycles. The average Bonchev–Trinajstić information content (AvgIpc) is 2.68. The summed E-state index contributed by atoms with van der Waals surface area (Å²) in [6.45, 7) is -1.14. The molecule has 0 N–H and O–H groups in total. The molecule has 0 saturated heterocycles. The van der Waals surface area contributed by atoms with Gasteiger partial charge in [-0.15, -0.1) is 14.1 Å². The average molecular weight is 587 g/mol. The number of methoxy groups -OCH3 is 1. The molecule has 0 radical (unpaired) electrons. The molecule has 13 nitrogen and oxygen atoms in total. The summed E-state index contributed by atoms with van der Waals surface area (Å²) in [6, 6.07) is 0. The van der Waals surface area contributed by atoms with Crippen LogP contribution >= 0.6 is 0 Å². The number of hydrogen-bond acceptors (Lipinski definition) is 11. The molecule has 0 aliphatic heterocycles. The summed E-state index contributed by atoms with van der Waals surface area (Å²) in [7, 11) is 3.78. The number of nitrogens with zero attached hydrogens (tertiary/aromatic N) is 5. The molecule has 0 heterocycles. The van der Waals surface area contributed by atoms with Crippen molar-refractivity contribution in [3.8, 4) is 0 Å². The van der Waals surface area contributed by atoms with E-state index < -0.39 is 42.8 Å². The topological polar surface area (TPSA) is 179 Å². The molecule has 0 aliphatic rings. The van der Waals surface area contributed by atoms with Crippen molar-refractivity contribution in [3.63, 3.8) is 0 Å². The number of hydrogen-bond donors (Lipinski definition) is 0. The van der Waals surface area contributed by atoms with Crippen LogP contribution in [0.5, 0.6) is 0 Å². The van der Waals surface area contributed by atoms with Gasteiger partial charge in [0, 0.05) is 92.3 Å². The van der Waals surface area contributed by atoms with Gasteiger partial charge in [-0.25, -0.2) is 0 Å². The third-order valence-electron chi connectivity index (χ3n) is 3.97. The maximum absolute atomic E-state index is 11.7. The van der Waals surface area contributed by atoms with Gasteiger partial charge in [-0.3, -0.25) is 19.5 Å². The van der Waals surface area contributed by atoms with E-state index in [1.165, 1.54) is 31.0 Å². The molecule has 14 heteroatoms. The predicted octanol–water partition coefficient (Wildman–Crippen LogP) is -4.37. The molecule has 31 heavy (non-hydrogen) atoms. The van der Waals surface area contributed by atoms with Crippen molar-refractivity contribution in [1.29, 1.82) is 0 Å². The molecular formula is C17H27GdN5O8-4. The summed E-state index contributed by atoms with van der Waals surface area (Å²) >= 11 is 0. The van der Waals surface area contributed by atoms with E-state index in [1.54, 1.807) is 4.90 Å². The van der Waals surface area contributed by atoms with E-state index in [4.69, 9.17) is 0 Å². The van der Waals surface area contributed by atoms with Crippen molar-refractivity contribution in [2.75, 3.05) is 80.1 Å². The van der Waals surface area contributed by atoms with Gasteiger partial charge in [0.1, 0.15) is 0 Å². The fourth-order valence-electron chi connectivity index (χ4n) is 2.40. The van der Waals surface area contributed by atoms with Crippen LogP contribution in [-0.4, -0.2) is 125 Å². The molecular weight excluding hydrogens is 559 g/mol. The monoisotopic (exact) mass is 587 g/mol. The van der Waals surface area contributed by atoms with E-state index in [1.807, 2.05) is 0 Å². The molecule has 0 atom stereocenters. The molecule has 0 spiro atoms. The van der Waals surface area contributed by atoms with E-state index in [0.717, 1.165) is 0 Å². The molecule has 0 saturated carbocycles. The molecule has 0 fully saturated rings. The molecule has 0 aromatic carbocycles. The fourth-order valence-corrected chi connectivity index (χ4v) is 2.40. The maximum atomic E-state index is 11.7. The molecule has 2 amide bonds. The van der Waals surface area contributed by atoms with Gasteiger partial charge in [0.05, 0.1) is 37.4 Å². The Morgan fingerprint density at radius 3 is 1.32 bits per heavy atom. The van der Waals surface area contributed by atoms with Crippen molar-refractivity contribution in [2.45, 2.75) is 0 Å². The Balaban J connectivity index is 0. The zero-order valence-electron chi connectivity index (χ0n) is 17.7. The van der Waals surface area contributed by atoms with E-state index in [0.29, 0.717) is 0 Å².